The van der Waals surface area contributed by atoms with E-state index in [-0.39, 0.29) is 35.8 Å². The van der Waals surface area contributed by atoms with Gasteiger partial charge < -0.3 is 0 Å². The maximum atomic E-state index is 12.9. The van der Waals surface area contributed by atoms with Crippen LogP contribution in [0.2, 0.25) is 0 Å². The summed E-state index contributed by atoms with van der Waals surface area (Å²) in [6.45, 7) is 8.65. The molecule has 6 rings (SSSR count). The lowest BCUT2D eigenvalue weighted by Gasteiger charge is -2.07. The molecule has 0 spiro atoms. The monoisotopic (exact) mass is 648 g/mol. The Morgan fingerprint density at radius 1 is 0.587 bits per heavy atom. The largest absolute Gasteiger partial charge is 0.562 e. The van der Waals surface area contributed by atoms with Crippen LogP contribution in [0, 0.1) is 0 Å². The Morgan fingerprint density at radius 3 is 1.33 bits per heavy atom. The van der Waals surface area contributed by atoms with Crippen molar-refractivity contribution in [1.82, 2.24) is 0 Å². The predicted octanol–water partition coefficient (Wildman–Crippen LogP) is 9.28. The van der Waals surface area contributed by atoms with E-state index in [9.17, 15) is 14.4 Å². The molecular weight excluding hydrogens is 617 g/mol. The molecule has 0 unspecified atom stereocenters. The number of nitrogens with zero attached hydrogens (tertiary/aromatic N) is 2. The number of benzene rings is 4. The summed E-state index contributed by atoms with van der Waals surface area (Å²) in [5.41, 5.74) is 5.41. The first-order valence-corrected chi connectivity index (χ1v) is 16.7. The predicted molar refractivity (Wildman–Crippen MR) is 181 cm³/mol. The average Bonchev–Trinajstić information content (AvgIpc) is 3.53. The second-order valence-electron chi connectivity index (χ2n) is 11.8. The van der Waals surface area contributed by atoms with E-state index < -0.39 is 6.16 Å². The summed E-state index contributed by atoms with van der Waals surface area (Å²) in [5, 5.41) is 7.52. The van der Waals surface area contributed by atoms with Crippen molar-refractivity contribution in [2.75, 3.05) is 0 Å². The zero-order chi connectivity index (χ0) is 32.4. The smallest absolute Gasteiger partial charge is 0.287 e. The molecule has 7 nitrogen and oxygen atoms in total. The summed E-state index contributed by atoms with van der Waals surface area (Å²) in [6, 6.07) is 28.1. The topological polar surface area (TPSA) is 94.4 Å². The van der Waals surface area contributed by atoms with Crippen LogP contribution in [0.4, 0.5) is 4.79 Å². The zero-order valence-electron chi connectivity index (χ0n) is 25.9. The van der Waals surface area contributed by atoms with E-state index in [1.165, 1.54) is 11.1 Å². The van der Waals surface area contributed by atoms with Gasteiger partial charge in [0.05, 0.1) is 0 Å². The number of hydrogen-bond donors (Lipinski definition) is 0. The Kier molecular flexibility index (Phi) is 9.24. The van der Waals surface area contributed by atoms with Gasteiger partial charge in [0.2, 0.25) is 11.6 Å². The summed E-state index contributed by atoms with van der Waals surface area (Å²) in [6.07, 6.45) is -0.769. The van der Waals surface area contributed by atoms with Gasteiger partial charge in [-0.05, 0) is 94.8 Å². The van der Waals surface area contributed by atoms with Crippen LogP contribution in [-0.2, 0) is 22.5 Å². The van der Waals surface area contributed by atoms with Crippen LogP contribution in [0.5, 0.6) is 0 Å². The maximum absolute atomic E-state index is 12.9. The Balaban J connectivity index is 1.04. The van der Waals surface area contributed by atoms with Crippen molar-refractivity contribution in [2.24, 2.45) is 10.3 Å². The molecular formula is C37H32N2O5S2. The Labute approximate surface area is 276 Å². The lowest BCUT2D eigenvalue weighted by atomic mass is 10.0. The first-order chi connectivity index (χ1) is 22.1. The minimum Gasteiger partial charge on any atom is -0.287 e. The van der Waals surface area contributed by atoms with Crippen LogP contribution < -0.4 is 0 Å². The fourth-order valence-corrected chi connectivity index (χ4v) is 7.06. The number of hydrogen-bond acceptors (Lipinski definition) is 9. The summed E-state index contributed by atoms with van der Waals surface area (Å²) < 4.78 is 0. The molecule has 46 heavy (non-hydrogen) atoms. The molecule has 0 N–H and O–H groups in total. The Bertz CT molecular complexity index is 1760. The van der Waals surface area contributed by atoms with E-state index >= 15 is 0 Å². The number of rotatable bonds is 8. The number of Topliss-reactive ketones (excluding diaryl/α,β-unsaturated/α-hetero) is 2. The van der Waals surface area contributed by atoms with Gasteiger partial charge in [-0.15, -0.1) is 0 Å². The third kappa shape index (κ3) is 7.00. The molecule has 0 atom stereocenters. The van der Waals surface area contributed by atoms with Crippen LogP contribution in [0.3, 0.4) is 0 Å². The van der Waals surface area contributed by atoms with Gasteiger partial charge in [-0.2, -0.15) is 4.79 Å². The number of carbonyl (C=O) groups excluding carboxylic acids is 3. The summed E-state index contributed by atoms with van der Waals surface area (Å²) >= 11 is 3.22. The van der Waals surface area contributed by atoms with Gasteiger partial charge in [-0.3, -0.25) is 19.3 Å². The highest BCUT2D eigenvalue weighted by Crippen LogP contribution is 2.34. The SMILES string of the molecule is CC(C)c1ccc(Sc2ccc3c(c2)CC(=NOC(=O)ON=C2Cc4cc(Sc5ccc(C(C)C)cc5)ccc4C2=O)C3=O)cc1. The summed E-state index contributed by atoms with van der Waals surface area (Å²) in [4.78, 5) is 51.9. The first-order valence-electron chi connectivity index (χ1n) is 15.1. The molecule has 0 radical (unpaired) electrons. The van der Waals surface area contributed by atoms with Crippen molar-refractivity contribution < 1.29 is 24.1 Å². The van der Waals surface area contributed by atoms with E-state index in [1.807, 2.05) is 24.3 Å². The highest BCUT2D eigenvalue weighted by Gasteiger charge is 2.29. The van der Waals surface area contributed by atoms with Crippen LogP contribution in [0.15, 0.2) is 115 Å². The van der Waals surface area contributed by atoms with Gasteiger partial charge in [0.1, 0.15) is 11.4 Å². The second kappa shape index (κ2) is 13.5. The molecule has 0 aliphatic heterocycles. The van der Waals surface area contributed by atoms with E-state index in [4.69, 9.17) is 9.68 Å². The van der Waals surface area contributed by atoms with Crippen molar-refractivity contribution in [3.05, 3.63) is 118 Å². The maximum Gasteiger partial charge on any atom is 0.562 e. The fourth-order valence-electron chi connectivity index (χ4n) is 5.30. The number of carbonyl (C=O) groups is 3. The van der Waals surface area contributed by atoms with E-state index in [0.717, 1.165) is 30.7 Å². The third-order valence-corrected chi connectivity index (χ3v) is 9.90. The number of ketones is 2. The van der Waals surface area contributed by atoms with Gasteiger partial charge in [-0.1, -0.05) is 85.8 Å². The molecule has 2 aliphatic rings. The Hall–Kier alpha value is -4.47. The van der Waals surface area contributed by atoms with Crippen LogP contribution in [0.1, 0.15) is 82.5 Å². The normalized spacial score (nSPS) is 15.6. The van der Waals surface area contributed by atoms with Crippen LogP contribution >= 0.6 is 23.5 Å². The molecule has 0 aromatic heterocycles. The molecule has 9 heteroatoms. The zero-order valence-corrected chi connectivity index (χ0v) is 27.5. The van der Waals surface area contributed by atoms with E-state index in [1.54, 1.807) is 35.7 Å². The number of oxime groups is 2. The fraction of sp³-hybridized carbons (Fsp3) is 0.216. The minimum atomic E-state index is -1.23. The molecule has 0 fully saturated rings. The molecule has 4 aromatic rings. The summed E-state index contributed by atoms with van der Waals surface area (Å²) in [7, 11) is 0. The molecule has 2 aliphatic carbocycles. The molecule has 0 amide bonds. The average molecular weight is 649 g/mol. The molecule has 0 bridgehead atoms. The molecule has 4 aromatic carbocycles. The standard InChI is InChI=1S/C37H32N2O5S2/c1-21(2)23-5-9-27(10-6-23)45-29-13-15-31-25(17-29)19-33(35(31)40)38-43-37(42)44-39-34-20-26-18-30(14-16-32(26)36(34)41)46-28-11-7-24(8-12-28)22(3)4/h5-18,21-22H,19-20H2,1-4H3. The van der Waals surface area contributed by atoms with E-state index in [0.29, 0.717) is 23.0 Å². The molecule has 0 saturated carbocycles. The summed E-state index contributed by atoms with van der Waals surface area (Å²) in [5.74, 6) is 0.318. The van der Waals surface area contributed by atoms with Crippen LogP contribution in [0.25, 0.3) is 0 Å². The Morgan fingerprint density at radius 2 is 0.957 bits per heavy atom. The van der Waals surface area contributed by atoms with Crippen molar-refractivity contribution in [3.63, 3.8) is 0 Å². The van der Waals surface area contributed by atoms with Gasteiger partial charge in [0, 0.05) is 43.6 Å². The molecule has 232 valence electrons. The van der Waals surface area contributed by atoms with Gasteiger partial charge in [0.25, 0.3) is 0 Å². The minimum absolute atomic E-state index is 0.0938. The molecule has 0 heterocycles. The quantitative estimate of drug-likeness (QED) is 0.139. The van der Waals surface area contributed by atoms with Gasteiger partial charge in [-0.25, -0.2) is 0 Å². The van der Waals surface area contributed by atoms with Gasteiger partial charge in [0.15, 0.2) is 0 Å². The van der Waals surface area contributed by atoms with E-state index in [2.05, 4.69) is 86.5 Å². The van der Waals surface area contributed by atoms with Crippen molar-refractivity contribution >= 4 is 52.7 Å². The van der Waals surface area contributed by atoms with Crippen molar-refractivity contribution in [3.8, 4) is 0 Å². The van der Waals surface area contributed by atoms with Crippen molar-refractivity contribution in [2.45, 2.75) is 72.0 Å². The number of fused-ring (bicyclic) bond motifs is 2. The first kappa shape index (κ1) is 31.5. The second-order valence-corrected chi connectivity index (χ2v) is 14.1. The highest BCUT2D eigenvalue weighted by atomic mass is 32.2. The lowest BCUT2D eigenvalue weighted by Crippen LogP contribution is -2.12. The third-order valence-electron chi connectivity index (χ3n) is 7.91. The van der Waals surface area contributed by atoms with Crippen LogP contribution in [-0.4, -0.2) is 29.1 Å². The highest BCUT2D eigenvalue weighted by molar-refractivity contribution is 7.99. The lowest BCUT2D eigenvalue weighted by molar-refractivity contribution is 0.0590. The van der Waals surface area contributed by atoms with Crippen molar-refractivity contribution in [1.29, 1.82) is 0 Å². The molecule has 0 saturated heterocycles. The van der Waals surface area contributed by atoms with Gasteiger partial charge >= 0.3 is 6.16 Å².